The minimum atomic E-state index is -0.0552. The molecule has 1 aliphatic heterocycles. The Kier molecular flexibility index (Phi) is 9.05. The van der Waals surface area contributed by atoms with E-state index in [4.69, 9.17) is 14.2 Å². The van der Waals surface area contributed by atoms with Gasteiger partial charge in [0.25, 0.3) is 0 Å². The quantitative estimate of drug-likeness (QED) is 0.281. The summed E-state index contributed by atoms with van der Waals surface area (Å²) in [6.07, 6.45) is 5.64. The Morgan fingerprint density at radius 3 is 2.69 bits per heavy atom. The van der Waals surface area contributed by atoms with Crippen LogP contribution in [-0.4, -0.2) is 47.7 Å². The lowest BCUT2D eigenvalue weighted by Crippen LogP contribution is -2.40. The van der Waals surface area contributed by atoms with Gasteiger partial charge in [0.15, 0.2) is 0 Å². The molecule has 0 spiro atoms. The number of hydrogen-bond donors (Lipinski definition) is 0. The number of aromatic nitrogens is 2. The van der Waals surface area contributed by atoms with Gasteiger partial charge < -0.3 is 23.7 Å². The van der Waals surface area contributed by atoms with Gasteiger partial charge in [0.1, 0.15) is 29.1 Å². The van der Waals surface area contributed by atoms with E-state index in [2.05, 4.69) is 27.4 Å². The predicted molar refractivity (Wildman–Crippen MR) is 160 cm³/mol. The topological polar surface area (TPSA) is 92.9 Å². The molecule has 1 amide bonds. The third-order valence-electron chi connectivity index (χ3n) is 7.37. The number of amides is 1. The maximum Gasteiger partial charge on any atom is 0.241 e. The Labute approximate surface area is 246 Å². The Hall–Kier alpha value is -4.81. The first-order valence-electron chi connectivity index (χ1n) is 14.0. The molecule has 0 radical (unpaired) electrons. The first-order valence-corrected chi connectivity index (χ1v) is 14.0. The molecule has 0 aliphatic carbocycles. The van der Waals surface area contributed by atoms with Crippen molar-refractivity contribution in [2.75, 3.05) is 32.2 Å². The van der Waals surface area contributed by atoms with E-state index >= 15 is 0 Å². The molecule has 0 saturated carbocycles. The number of nitriles is 1. The summed E-state index contributed by atoms with van der Waals surface area (Å²) in [5.74, 6) is 2.24. The van der Waals surface area contributed by atoms with Crippen LogP contribution in [0.2, 0.25) is 0 Å². The number of rotatable bonds is 7. The monoisotopic (exact) mass is 565 g/mol. The number of hydrogen-bond acceptors (Lipinski definition) is 7. The van der Waals surface area contributed by atoms with Gasteiger partial charge in [-0.15, -0.1) is 0 Å². The molecule has 5 rings (SSSR count). The summed E-state index contributed by atoms with van der Waals surface area (Å²) in [5, 5.41) is 9.78. The van der Waals surface area contributed by atoms with Gasteiger partial charge in [-0.05, 0) is 54.9 Å². The predicted octanol–water partition coefficient (Wildman–Crippen LogP) is 5.76. The molecule has 0 N–H and O–H groups in total. The number of carbonyl (C=O) groups is 1. The van der Waals surface area contributed by atoms with E-state index in [-0.39, 0.29) is 19.0 Å². The van der Waals surface area contributed by atoms with Crippen LogP contribution >= 0.6 is 0 Å². The lowest BCUT2D eigenvalue weighted by atomic mass is 10.1. The number of benzene rings is 3. The van der Waals surface area contributed by atoms with Crippen LogP contribution in [0.4, 0.5) is 5.69 Å². The SMILES string of the molecule is CCCCN1CC(=O)N(Cc2ccc(OC)cc2OC)c2cccc(c2)Oc2cc(ccc2C#N)Cn2cncc2C1. The summed E-state index contributed by atoms with van der Waals surface area (Å²) in [5.41, 5.74) is 3.94. The van der Waals surface area contributed by atoms with Gasteiger partial charge in [0.2, 0.25) is 5.91 Å². The maximum atomic E-state index is 14.2. The van der Waals surface area contributed by atoms with E-state index < -0.39 is 0 Å². The average Bonchev–Trinajstić information content (AvgIpc) is 3.44. The van der Waals surface area contributed by atoms with Gasteiger partial charge in [-0.3, -0.25) is 9.69 Å². The van der Waals surface area contributed by atoms with Crippen molar-refractivity contribution in [1.29, 1.82) is 5.26 Å². The number of imidazole rings is 1. The second-order valence-electron chi connectivity index (χ2n) is 10.3. The fourth-order valence-electron chi connectivity index (χ4n) is 5.08. The van der Waals surface area contributed by atoms with Crippen LogP contribution in [0.1, 0.15) is 42.1 Å². The molecule has 4 aromatic rings. The van der Waals surface area contributed by atoms with Gasteiger partial charge in [-0.25, -0.2) is 4.98 Å². The molecular weight excluding hydrogens is 530 g/mol. The second-order valence-corrected chi connectivity index (χ2v) is 10.3. The summed E-state index contributed by atoms with van der Waals surface area (Å²) in [4.78, 5) is 22.5. The van der Waals surface area contributed by atoms with Crippen molar-refractivity contribution in [3.05, 3.63) is 95.6 Å². The molecule has 0 atom stereocenters. The molecule has 4 bridgehead atoms. The molecule has 0 saturated heterocycles. The minimum Gasteiger partial charge on any atom is -0.497 e. The van der Waals surface area contributed by atoms with Gasteiger partial charge >= 0.3 is 0 Å². The fourth-order valence-corrected chi connectivity index (χ4v) is 5.08. The van der Waals surface area contributed by atoms with E-state index in [9.17, 15) is 10.1 Å². The molecule has 1 aromatic heterocycles. The zero-order chi connectivity index (χ0) is 29.5. The van der Waals surface area contributed by atoms with E-state index in [0.717, 1.165) is 36.2 Å². The maximum absolute atomic E-state index is 14.2. The number of anilines is 1. The molecule has 3 aromatic carbocycles. The molecular formula is C33H35N5O4. The van der Waals surface area contributed by atoms with Crippen molar-refractivity contribution in [2.24, 2.45) is 0 Å². The first kappa shape index (κ1) is 28.7. The lowest BCUT2D eigenvalue weighted by molar-refractivity contribution is -0.120. The molecule has 1 aliphatic rings. The first-order chi connectivity index (χ1) is 20.5. The van der Waals surface area contributed by atoms with Crippen LogP contribution < -0.4 is 19.1 Å². The van der Waals surface area contributed by atoms with E-state index in [1.165, 1.54) is 0 Å². The number of unbranched alkanes of at least 4 members (excludes halogenated alkanes) is 1. The third-order valence-corrected chi connectivity index (χ3v) is 7.37. The van der Waals surface area contributed by atoms with E-state index in [1.54, 1.807) is 31.5 Å². The summed E-state index contributed by atoms with van der Waals surface area (Å²) in [7, 11) is 3.22. The van der Waals surface area contributed by atoms with E-state index in [0.29, 0.717) is 47.3 Å². The number of carbonyl (C=O) groups excluding carboxylic acids is 1. The summed E-state index contributed by atoms with van der Waals surface area (Å²) in [6.45, 7) is 4.57. The van der Waals surface area contributed by atoms with Crippen LogP contribution in [0.25, 0.3) is 0 Å². The lowest BCUT2D eigenvalue weighted by Gasteiger charge is -2.28. The highest BCUT2D eigenvalue weighted by Crippen LogP contribution is 2.32. The molecule has 216 valence electrons. The summed E-state index contributed by atoms with van der Waals surface area (Å²) < 4.78 is 19.4. The standard InChI is InChI=1S/C33H35N5O4/c1-4-5-13-36-21-28-18-35-23-37(28)19-24-9-10-25(17-34)32(14-24)42-30-8-6-7-27(15-30)38(33(39)22-36)20-26-11-12-29(40-2)16-31(26)41-3/h6-12,14-16,18,23H,4-5,13,19-22H2,1-3H3. The Balaban J connectivity index is 1.60. The normalized spacial score (nSPS) is 13.8. The number of nitrogens with zero attached hydrogens (tertiary/aromatic N) is 5. The highest BCUT2D eigenvalue weighted by Gasteiger charge is 2.23. The van der Waals surface area contributed by atoms with Crippen molar-refractivity contribution in [3.63, 3.8) is 0 Å². The van der Waals surface area contributed by atoms with Crippen molar-refractivity contribution in [3.8, 4) is 29.1 Å². The van der Waals surface area contributed by atoms with Crippen molar-refractivity contribution in [1.82, 2.24) is 14.5 Å². The average molecular weight is 566 g/mol. The molecule has 9 heteroatoms. The van der Waals surface area contributed by atoms with Crippen LogP contribution in [-0.2, 0) is 24.4 Å². The highest BCUT2D eigenvalue weighted by molar-refractivity contribution is 5.95. The Morgan fingerprint density at radius 2 is 1.90 bits per heavy atom. The van der Waals surface area contributed by atoms with Gasteiger partial charge in [-0.1, -0.05) is 25.5 Å². The van der Waals surface area contributed by atoms with E-state index in [1.807, 2.05) is 60.8 Å². The van der Waals surface area contributed by atoms with Gasteiger partial charge in [0.05, 0.1) is 44.9 Å². The molecule has 0 fully saturated rings. The number of ether oxygens (including phenoxy) is 3. The van der Waals surface area contributed by atoms with Crippen LogP contribution in [0, 0.1) is 11.3 Å². The second kappa shape index (κ2) is 13.2. The van der Waals surface area contributed by atoms with Gasteiger partial charge in [-0.2, -0.15) is 5.26 Å². The molecule has 42 heavy (non-hydrogen) atoms. The fraction of sp³-hybridized carbons (Fsp3) is 0.303. The molecule has 0 unspecified atom stereocenters. The molecule has 9 nitrogen and oxygen atoms in total. The molecule has 2 heterocycles. The summed E-state index contributed by atoms with van der Waals surface area (Å²) in [6, 6.07) is 20.9. The zero-order valence-electron chi connectivity index (χ0n) is 24.2. The number of fused-ring (bicyclic) bond motifs is 5. The van der Waals surface area contributed by atoms with Crippen LogP contribution in [0.15, 0.2) is 73.2 Å². The largest absolute Gasteiger partial charge is 0.497 e. The van der Waals surface area contributed by atoms with Gasteiger partial charge in [0, 0.05) is 42.7 Å². The van der Waals surface area contributed by atoms with Crippen molar-refractivity contribution < 1.29 is 19.0 Å². The van der Waals surface area contributed by atoms with Crippen molar-refractivity contribution in [2.45, 2.75) is 39.4 Å². The highest BCUT2D eigenvalue weighted by atomic mass is 16.5. The van der Waals surface area contributed by atoms with Crippen molar-refractivity contribution >= 4 is 11.6 Å². The van der Waals surface area contributed by atoms with Crippen LogP contribution in [0.3, 0.4) is 0 Å². The zero-order valence-corrected chi connectivity index (χ0v) is 24.2. The van der Waals surface area contributed by atoms with Crippen LogP contribution in [0.5, 0.6) is 23.0 Å². The Morgan fingerprint density at radius 1 is 1.02 bits per heavy atom. The minimum absolute atomic E-state index is 0.0552. The number of methoxy groups -OCH3 is 2. The summed E-state index contributed by atoms with van der Waals surface area (Å²) >= 11 is 0. The third kappa shape index (κ3) is 6.56. The smallest absolute Gasteiger partial charge is 0.241 e. The Bertz CT molecular complexity index is 1590.